The molecule has 1 unspecified atom stereocenters. The van der Waals surface area contributed by atoms with E-state index in [1.54, 1.807) is 5.56 Å². The predicted octanol–water partition coefficient (Wildman–Crippen LogP) is 5.39. The highest BCUT2D eigenvalue weighted by molar-refractivity contribution is 9.10. The molecule has 102 valence electrons. The summed E-state index contributed by atoms with van der Waals surface area (Å²) in [6.07, 6.45) is 3.71. The number of aromatic amines is 1. The van der Waals surface area contributed by atoms with Gasteiger partial charge in [-0.05, 0) is 76.7 Å². The van der Waals surface area contributed by atoms with Gasteiger partial charge in [-0.15, -0.1) is 0 Å². The van der Waals surface area contributed by atoms with Crippen molar-refractivity contribution < 1.29 is 0 Å². The van der Waals surface area contributed by atoms with E-state index in [2.05, 4.69) is 60.7 Å². The van der Waals surface area contributed by atoms with E-state index in [-0.39, 0.29) is 0 Å². The molecule has 0 aliphatic heterocycles. The number of aromatic nitrogens is 1. The maximum Gasteiger partial charge on any atom is 0.0603 e. The summed E-state index contributed by atoms with van der Waals surface area (Å²) in [5, 5.41) is 1.43. The number of aryl methyl sites for hydroxylation is 2. The number of H-pyrrole nitrogens is 1. The number of hydrogen-bond acceptors (Lipinski definition) is 0. The summed E-state index contributed by atoms with van der Waals surface area (Å²) in [6, 6.07) is 4.53. The molecule has 1 nitrogen and oxygen atoms in total. The summed E-state index contributed by atoms with van der Waals surface area (Å²) in [6.45, 7) is 9.30. The standard InChI is InChI=1S/C17H22BrN/c1-10-7-13-12-9-11(17(2,3)4)5-6-15(12)19-16(13)14(18)8-10/h7-8,11,19H,5-6,9H2,1-4H3. The van der Waals surface area contributed by atoms with Crippen molar-refractivity contribution in [1.82, 2.24) is 4.98 Å². The Morgan fingerprint density at radius 1 is 1.26 bits per heavy atom. The van der Waals surface area contributed by atoms with Crippen molar-refractivity contribution in [3.05, 3.63) is 33.4 Å². The molecule has 0 amide bonds. The van der Waals surface area contributed by atoms with Crippen molar-refractivity contribution in [2.24, 2.45) is 11.3 Å². The van der Waals surface area contributed by atoms with Gasteiger partial charge in [0, 0.05) is 15.6 Å². The average molecular weight is 320 g/mol. The molecule has 1 atom stereocenters. The fourth-order valence-corrected chi connectivity index (χ4v) is 4.02. The minimum absolute atomic E-state index is 0.405. The molecule has 1 aliphatic rings. The van der Waals surface area contributed by atoms with Crippen LogP contribution in [0, 0.1) is 18.3 Å². The molecule has 1 aliphatic carbocycles. The lowest BCUT2D eigenvalue weighted by Gasteiger charge is -2.34. The zero-order chi connectivity index (χ0) is 13.8. The predicted molar refractivity (Wildman–Crippen MR) is 85.7 cm³/mol. The molecule has 1 heterocycles. The van der Waals surface area contributed by atoms with Gasteiger partial charge >= 0.3 is 0 Å². The molecule has 19 heavy (non-hydrogen) atoms. The second kappa shape index (κ2) is 4.37. The van der Waals surface area contributed by atoms with Gasteiger partial charge in [0.1, 0.15) is 0 Å². The first-order chi connectivity index (χ1) is 8.86. The molecule has 0 bridgehead atoms. The number of fused-ring (bicyclic) bond motifs is 3. The maximum absolute atomic E-state index is 3.70. The fraction of sp³-hybridized carbons (Fsp3) is 0.529. The Hall–Kier alpha value is -0.760. The van der Waals surface area contributed by atoms with E-state index in [0.29, 0.717) is 5.41 Å². The molecule has 2 aromatic rings. The SMILES string of the molecule is Cc1cc(Br)c2[nH]c3c(c2c1)CC(C(C)(C)C)CC3. The lowest BCUT2D eigenvalue weighted by atomic mass is 9.71. The van der Waals surface area contributed by atoms with E-state index >= 15 is 0 Å². The van der Waals surface area contributed by atoms with Crippen molar-refractivity contribution >= 4 is 26.8 Å². The molecule has 2 heteroatoms. The van der Waals surface area contributed by atoms with Crippen molar-refractivity contribution in [2.75, 3.05) is 0 Å². The van der Waals surface area contributed by atoms with Crippen LogP contribution in [0.2, 0.25) is 0 Å². The minimum atomic E-state index is 0.405. The molecular formula is C17H22BrN. The zero-order valence-electron chi connectivity index (χ0n) is 12.2. The van der Waals surface area contributed by atoms with Crippen LogP contribution in [-0.4, -0.2) is 4.98 Å². The van der Waals surface area contributed by atoms with E-state index in [4.69, 9.17) is 0 Å². The van der Waals surface area contributed by atoms with Crippen molar-refractivity contribution in [2.45, 2.75) is 47.0 Å². The second-order valence-electron chi connectivity index (χ2n) is 7.06. The lowest BCUT2D eigenvalue weighted by Crippen LogP contribution is -2.26. The Labute approximate surface area is 123 Å². The number of benzene rings is 1. The van der Waals surface area contributed by atoms with Gasteiger partial charge < -0.3 is 4.98 Å². The van der Waals surface area contributed by atoms with Gasteiger partial charge in [-0.2, -0.15) is 0 Å². The Bertz CT molecular complexity index is 631. The molecule has 3 rings (SSSR count). The molecular weight excluding hydrogens is 298 g/mol. The van der Waals surface area contributed by atoms with Gasteiger partial charge in [0.15, 0.2) is 0 Å². The van der Waals surface area contributed by atoms with Crippen LogP contribution in [-0.2, 0) is 12.8 Å². The highest BCUT2D eigenvalue weighted by atomic mass is 79.9. The van der Waals surface area contributed by atoms with Crippen molar-refractivity contribution in [3.63, 3.8) is 0 Å². The Kier molecular flexibility index (Phi) is 3.05. The van der Waals surface area contributed by atoms with Gasteiger partial charge in [-0.1, -0.05) is 20.8 Å². The maximum atomic E-state index is 3.70. The quantitative estimate of drug-likeness (QED) is 0.670. The van der Waals surface area contributed by atoms with Crippen LogP contribution in [0.25, 0.3) is 10.9 Å². The molecule has 1 N–H and O–H groups in total. The van der Waals surface area contributed by atoms with Crippen LogP contribution in [0.1, 0.15) is 44.0 Å². The summed E-state index contributed by atoms with van der Waals surface area (Å²) in [5.74, 6) is 0.790. The van der Waals surface area contributed by atoms with Gasteiger partial charge in [0.25, 0.3) is 0 Å². The smallest absolute Gasteiger partial charge is 0.0603 e. The van der Waals surface area contributed by atoms with E-state index in [9.17, 15) is 0 Å². The first kappa shape index (κ1) is 13.2. The first-order valence-electron chi connectivity index (χ1n) is 7.16. The molecule has 1 aromatic heterocycles. The first-order valence-corrected chi connectivity index (χ1v) is 7.95. The molecule has 0 spiro atoms. The molecule has 0 saturated heterocycles. The van der Waals surface area contributed by atoms with Crippen LogP contribution >= 0.6 is 15.9 Å². The van der Waals surface area contributed by atoms with E-state index in [1.165, 1.54) is 45.9 Å². The number of rotatable bonds is 0. The highest BCUT2D eigenvalue weighted by Crippen LogP contribution is 2.41. The average Bonchev–Trinajstić information content (AvgIpc) is 2.66. The molecule has 0 radical (unpaired) electrons. The zero-order valence-corrected chi connectivity index (χ0v) is 13.8. The summed E-state index contributed by atoms with van der Waals surface area (Å²) >= 11 is 3.70. The summed E-state index contributed by atoms with van der Waals surface area (Å²) in [4.78, 5) is 3.64. The van der Waals surface area contributed by atoms with Crippen molar-refractivity contribution in [3.8, 4) is 0 Å². The Morgan fingerprint density at radius 2 is 2.00 bits per heavy atom. The third-order valence-electron chi connectivity index (χ3n) is 4.62. The molecule has 0 saturated carbocycles. The Balaban J connectivity index is 2.13. The normalized spacial score (nSPS) is 19.7. The van der Waals surface area contributed by atoms with Crippen LogP contribution in [0.3, 0.4) is 0 Å². The summed E-state index contributed by atoms with van der Waals surface area (Å²) in [7, 11) is 0. The topological polar surface area (TPSA) is 15.8 Å². The van der Waals surface area contributed by atoms with Gasteiger partial charge in [0.05, 0.1) is 5.52 Å². The molecule has 1 aromatic carbocycles. The van der Waals surface area contributed by atoms with E-state index < -0.39 is 0 Å². The number of nitrogens with one attached hydrogen (secondary N) is 1. The molecule has 0 fully saturated rings. The number of halogens is 1. The van der Waals surface area contributed by atoms with Crippen molar-refractivity contribution in [1.29, 1.82) is 0 Å². The highest BCUT2D eigenvalue weighted by Gasteiger charge is 2.30. The van der Waals surface area contributed by atoms with Crippen LogP contribution in [0.5, 0.6) is 0 Å². The van der Waals surface area contributed by atoms with Crippen LogP contribution < -0.4 is 0 Å². The second-order valence-corrected chi connectivity index (χ2v) is 7.91. The van der Waals surface area contributed by atoms with Gasteiger partial charge in [-0.25, -0.2) is 0 Å². The fourth-order valence-electron chi connectivity index (χ4n) is 3.35. The van der Waals surface area contributed by atoms with Gasteiger partial charge in [0.2, 0.25) is 0 Å². The monoisotopic (exact) mass is 319 g/mol. The van der Waals surface area contributed by atoms with Gasteiger partial charge in [-0.3, -0.25) is 0 Å². The Morgan fingerprint density at radius 3 is 2.68 bits per heavy atom. The summed E-state index contributed by atoms with van der Waals surface area (Å²) in [5.41, 5.74) is 6.04. The third-order valence-corrected chi connectivity index (χ3v) is 5.24. The van der Waals surface area contributed by atoms with E-state index in [1.807, 2.05) is 0 Å². The van der Waals surface area contributed by atoms with E-state index in [0.717, 1.165) is 5.92 Å². The summed E-state index contributed by atoms with van der Waals surface area (Å²) < 4.78 is 1.20. The number of hydrogen-bond donors (Lipinski definition) is 1. The lowest BCUT2D eigenvalue weighted by molar-refractivity contribution is 0.216. The largest absolute Gasteiger partial charge is 0.357 e. The van der Waals surface area contributed by atoms with Crippen LogP contribution in [0.15, 0.2) is 16.6 Å². The minimum Gasteiger partial charge on any atom is -0.357 e. The third kappa shape index (κ3) is 2.24. The van der Waals surface area contributed by atoms with Crippen LogP contribution in [0.4, 0.5) is 0 Å².